The van der Waals surface area contributed by atoms with E-state index in [1.54, 1.807) is 17.7 Å². The Morgan fingerprint density at radius 2 is 2.10 bits per heavy atom. The van der Waals surface area contributed by atoms with Crippen LogP contribution in [0.15, 0.2) is 6.33 Å². The molecule has 1 amide bonds. The van der Waals surface area contributed by atoms with Crippen LogP contribution in [0, 0.1) is 0 Å². The van der Waals surface area contributed by atoms with E-state index in [9.17, 15) is 9.90 Å². The molecule has 0 aliphatic heterocycles. The van der Waals surface area contributed by atoms with Crippen LogP contribution in [0.4, 0.5) is 0 Å². The molecule has 158 valence electrons. The van der Waals surface area contributed by atoms with Crippen LogP contribution >= 0.6 is 11.3 Å². The number of aliphatic hydroxyl groups excluding tert-OH is 1. The third kappa shape index (κ3) is 4.39. The average molecular weight is 419 g/mol. The van der Waals surface area contributed by atoms with Crippen LogP contribution in [0.1, 0.15) is 54.9 Å². The third-order valence-corrected chi connectivity index (χ3v) is 7.51. The van der Waals surface area contributed by atoms with Crippen molar-refractivity contribution in [3.8, 4) is 5.88 Å². The Morgan fingerprint density at radius 1 is 1.31 bits per heavy atom. The maximum absolute atomic E-state index is 10.5. The van der Waals surface area contributed by atoms with E-state index in [0.29, 0.717) is 24.8 Å². The van der Waals surface area contributed by atoms with Crippen molar-refractivity contribution in [2.45, 2.75) is 69.1 Å². The molecule has 8 heteroatoms. The van der Waals surface area contributed by atoms with Gasteiger partial charge in [0.1, 0.15) is 17.3 Å². The van der Waals surface area contributed by atoms with Gasteiger partial charge in [-0.15, -0.1) is 11.3 Å². The first-order valence-electron chi connectivity index (χ1n) is 10.5. The summed E-state index contributed by atoms with van der Waals surface area (Å²) in [5.41, 5.74) is 1.26. The molecule has 0 saturated heterocycles. The Labute approximate surface area is 175 Å². The minimum Gasteiger partial charge on any atom is -0.474 e. The van der Waals surface area contributed by atoms with Gasteiger partial charge in [-0.2, -0.15) is 0 Å². The summed E-state index contributed by atoms with van der Waals surface area (Å²) in [7, 11) is 4.29. The number of thiophene rings is 1. The van der Waals surface area contributed by atoms with E-state index >= 15 is 0 Å². The number of aryl methyl sites for hydroxylation is 1. The van der Waals surface area contributed by atoms with Crippen LogP contribution < -0.4 is 10.1 Å². The zero-order valence-corrected chi connectivity index (χ0v) is 18.0. The van der Waals surface area contributed by atoms with Crippen LogP contribution in [0.2, 0.25) is 0 Å². The van der Waals surface area contributed by atoms with Gasteiger partial charge in [-0.25, -0.2) is 9.97 Å². The van der Waals surface area contributed by atoms with Gasteiger partial charge in [0, 0.05) is 17.5 Å². The molecule has 2 aromatic heterocycles. The van der Waals surface area contributed by atoms with Crippen molar-refractivity contribution in [1.82, 2.24) is 20.2 Å². The van der Waals surface area contributed by atoms with Crippen molar-refractivity contribution >= 4 is 28.0 Å². The summed E-state index contributed by atoms with van der Waals surface area (Å²) < 4.78 is 6.41. The lowest BCUT2D eigenvalue weighted by Gasteiger charge is -2.32. The minimum absolute atomic E-state index is 0.196. The number of aliphatic hydroxyl groups is 1. The first-order valence-corrected chi connectivity index (χ1v) is 11.3. The van der Waals surface area contributed by atoms with Crippen LogP contribution in [-0.4, -0.2) is 65.3 Å². The number of nitrogens with zero attached hydrogens (tertiary/aromatic N) is 3. The fourth-order valence-corrected chi connectivity index (χ4v) is 6.03. The van der Waals surface area contributed by atoms with Gasteiger partial charge in [0.15, 0.2) is 0 Å². The Kier molecular flexibility index (Phi) is 6.32. The van der Waals surface area contributed by atoms with E-state index in [-0.39, 0.29) is 18.6 Å². The number of amides is 1. The smallest absolute Gasteiger partial charge is 0.225 e. The van der Waals surface area contributed by atoms with Crippen LogP contribution in [-0.2, 0) is 11.2 Å². The fraction of sp³-hybridized carbons (Fsp3) is 0.667. The van der Waals surface area contributed by atoms with Gasteiger partial charge in [0.05, 0.1) is 11.5 Å². The zero-order valence-electron chi connectivity index (χ0n) is 17.1. The highest BCUT2D eigenvalue weighted by molar-refractivity contribution is 7.19. The highest BCUT2D eigenvalue weighted by atomic mass is 32.1. The lowest BCUT2D eigenvalue weighted by Crippen LogP contribution is -2.35. The van der Waals surface area contributed by atoms with Gasteiger partial charge in [-0.3, -0.25) is 4.79 Å². The van der Waals surface area contributed by atoms with Gasteiger partial charge in [-0.1, -0.05) is 0 Å². The average Bonchev–Trinajstić information content (AvgIpc) is 3.27. The zero-order chi connectivity index (χ0) is 20.4. The first kappa shape index (κ1) is 20.5. The molecular weight excluding hydrogens is 388 g/mol. The summed E-state index contributed by atoms with van der Waals surface area (Å²) in [5.74, 6) is 0.952. The van der Waals surface area contributed by atoms with Gasteiger partial charge in [0.2, 0.25) is 12.3 Å². The lowest BCUT2D eigenvalue weighted by molar-refractivity contribution is -0.110. The molecule has 2 aliphatic carbocycles. The summed E-state index contributed by atoms with van der Waals surface area (Å²) in [5, 5.41) is 13.9. The monoisotopic (exact) mass is 418 g/mol. The quantitative estimate of drug-likeness (QED) is 0.641. The molecule has 0 spiro atoms. The number of nitrogens with one attached hydrogen (secondary N) is 1. The van der Waals surface area contributed by atoms with E-state index in [0.717, 1.165) is 48.7 Å². The summed E-state index contributed by atoms with van der Waals surface area (Å²) in [4.78, 5) is 24.1. The molecule has 0 unspecified atom stereocenters. The van der Waals surface area contributed by atoms with Gasteiger partial charge in [-0.05, 0) is 70.5 Å². The number of rotatable bonds is 8. The lowest BCUT2D eigenvalue weighted by atomic mass is 9.92. The second-order valence-corrected chi connectivity index (χ2v) is 9.54. The van der Waals surface area contributed by atoms with Gasteiger partial charge >= 0.3 is 0 Å². The molecule has 0 bridgehead atoms. The molecule has 2 aliphatic rings. The molecule has 4 rings (SSSR count). The van der Waals surface area contributed by atoms with Gasteiger partial charge in [0.25, 0.3) is 0 Å². The second kappa shape index (κ2) is 8.93. The molecule has 29 heavy (non-hydrogen) atoms. The summed E-state index contributed by atoms with van der Waals surface area (Å²) >= 11 is 1.72. The van der Waals surface area contributed by atoms with E-state index in [1.165, 1.54) is 10.4 Å². The molecule has 2 atom stereocenters. The number of hydrogen-bond acceptors (Lipinski definition) is 7. The molecular formula is C21H30N4O3S. The predicted molar refractivity (Wildman–Crippen MR) is 114 cm³/mol. The number of ether oxygens (including phenoxy) is 1. The van der Waals surface area contributed by atoms with Crippen LogP contribution in [0.25, 0.3) is 10.2 Å². The molecule has 1 fully saturated rings. The topological polar surface area (TPSA) is 87.6 Å². The van der Waals surface area contributed by atoms with Crippen molar-refractivity contribution in [3.63, 3.8) is 0 Å². The van der Waals surface area contributed by atoms with Crippen molar-refractivity contribution in [2.24, 2.45) is 0 Å². The summed E-state index contributed by atoms with van der Waals surface area (Å²) in [6.45, 7) is 0.284. The van der Waals surface area contributed by atoms with E-state index in [1.807, 2.05) is 0 Å². The molecule has 2 heterocycles. The highest BCUT2D eigenvalue weighted by Gasteiger charge is 2.32. The molecule has 0 aromatic carbocycles. The summed E-state index contributed by atoms with van der Waals surface area (Å²) in [6.07, 6.45) is 8.89. The SMILES string of the molecule is CN(C)C1CCC(Oc2ncnc3sc4c(c23)[C@@H](C[C@H](O)CNC=O)CC4)CC1. The van der Waals surface area contributed by atoms with E-state index in [4.69, 9.17) is 4.74 Å². The van der Waals surface area contributed by atoms with E-state index < -0.39 is 6.10 Å². The second-order valence-electron chi connectivity index (χ2n) is 8.46. The van der Waals surface area contributed by atoms with Gasteiger partial charge < -0.3 is 20.1 Å². The van der Waals surface area contributed by atoms with Crippen molar-refractivity contribution in [1.29, 1.82) is 0 Å². The third-order valence-electron chi connectivity index (χ3n) is 6.34. The van der Waals surface area contributed by atoms with Crippen molar-refractivity contribution < 1.29 is 14.6 Å². The fourth-order valence-electron chi connectivity index (χ4n) is 4.80. The van der Waals surface area contributed by atoms with E-state index in [2.05, 4.69) is 34.3 Å². The standard InChI is InChI=1S/C21H30N4O3S/c1-25(2)14-4-6-16(7-5-14)28-20-19-18-13(9-15(27)10-22-12-26)3-8-17(18)29-21(19)24-11-23-20/h11-16,27H,3-10H2,1-2H3,(H,22,26)/t13-,14?,15+,16?/m1/s1. The Morgan fingerprint density at radius 3 is 2.83 bits per heavy atom. The maximum atomic E-state index is 10.5. The summed E-state index contributed by atoms with van der Waals surface area (Å²) in [6, 6.07) is 0.636. The number of aromatic nitrogens is 2. The Bertz CT molecular complexity index is 848. The first-order chi connectivity index (χ1) is 14.1. The Balaban J connectivity index is 1.53. The Hall–Kier alpha value is -1.77. The number of carbonyl (C=O) groups is 1. The minimum atomic E-state index is -0.554. The van der Waals surface area contributed by atoms with Crippen molar-refractivity contribution in [2.75, 3.05) is 20.6 Å². The number of fused-ring (bicyclic) bond motifs is 3. The van der Waals surface area contributed by atoms with Crippen molar-refractivity contribution in [3.05, 3.63) is 16.8 Å². The molecule has 7 nitrogen and oxygen atoms in total. The highest BCUT2D eigenvalue weighted by Crippen LogP contribution is 2.47. The molecule has 1 saturated carbocycles. The molecule has 0 radical (unpaired) electrons. The normalized spacial score (nSPS) is 25.2. The molecule has 2 N–H and O–H groups in total. The number of hydrogen-bond donors (Lipinski definition) is 2. The predicted octanol–water partition coefficient (Wildman–Crippen LogP) is 2.47. The number of carbonyl (C=O) groups excluding carboxylic acids is 1. The van der Waals surface area contributed by atoms with Crippen LogP contribution in [0.3, 0.4) is 0 Å². The maximum Gasteiger partial charge on any atom is 0.225 e. The largest absolute Gasteiger partial charge is 0.474 e. The van der Waals surface area contributed by atoms with Crippen LogP contribution in [0.5, 0.6) is 5.88 Å². The molecule has 2 aromatic rings.